The van der Waals surface area contributed by atoms with Crippen LogP contribution in [0.25, 0.3) is 0 Å². The van der Waals surface area contributed by atoms with Gasteiger partial charge >= 0.3 is 5.97 Å². The number of carbonyl (C=O) groups is 1. The molecule has 2 atom stereocenters. The lowest BCUT2D eigenvalue weighted by molar-refractivity contribution is -0.149. The Morgan fingerprint density at radius 2 is 2.24 bits per heavy atom. The zero-order valence-electron chi connectivity index (χ0n) is 9.19. The summed E-state index contributed by atoms with van der Waals surface area (Å²) in [6.07, 6.45) is -2.07. The molecule has 0 radical (unpaired) electrons. The van der Waals surface area contributed by atoms with Crippen molar-refractivity contribution in [2.45, 2.75) is 19.1 Å². The standard InChI is InChI=1S/C11H13F2NO3/c1-2-17-11(16)9(13)10(14)6-3-4-8(15)7(12)5-6/h3-5,9-10,15H,2,14H2,1H3/t9?,10-/m0/s1. The Hall–Kier alpha value is -1.69. The lowest BCUT2D eigenvalue weighted by Gasteiger charge is -2.16. The second-order valence-electron chi connectivity index (χ2n) is 3.39. The number of rotatable bonds is 4. The van der Waals surface area contributed by atoms with Crippen molar-refractivity contribution in [3.63, 3.8) is 0 Å². The maximum atomic E-state index is 13.5. The zero-order valence-corrected chi connectivity index (χ0v) is 9.19. The first-order valence-electron chi connectivity index (χ1n) is 5.02. The van der Waals surface area contributed by atoms with Crippen LogP contribution >= 0.6 is 0 Å². The molecule has 94 valence electrons. The monoisotopic (exact) mass is 245 g/mol. The van der Waals surface area contributed by atoms with E-state index in [0.717, 1.165) is 12.1 Å². The fourth-order valence-electron chi connectivity index (χ4n) is 1.27. The molecule has 1 rings (SSSR count). The van der Waals surface area contributed by atoms with Gasteiger partial charge < -0.3 is 15.6 Å². The third-order valence-corrected chi connectivity index (χ3v) is 2.18. The van der Waals surface area contributed by atoms with Gasteiger partial charge in [-0.3, -0.25) is 0 Å². The largest absolute Gasteiger partial charge is 0.505 e. The molecule has 1 unspecified atom stereocenters. The van der Waals surface area contributed by atoms with Crippen LogP contribution in [-0.2, 0) is 9.53 Å². The van der Waals surface area contributed by atoms with Crippen molar-refractivity contribution < 1.29 is 23.4 Å². The SMILES string of the molecule is CCOC(=O)C(F)[C@@H](N)c1ccc(O)c(F)c1. The van der Waals surface area contributed by atoms with Gasteiger partial charge in [-0.05, 0) is 24.6 Å². The number of nitrogens with two attached hydrogens (primary N) is 1. The van der Waals surface area contributed by atoms with Crippen LogP contribution in [0.3, 0.4) is 0 Å². The van der Waals surface area contributed by atoms with E-state index in [1.54, 1.807) is 0 Å². The molecular formula is C11H13F2NO3. The molecule has 0 aromatic heterocycles. The van der Waals surface area contributed by atoms with Crippen LogP contribution in [-0.4, -0.2) is 23.9 Å². The first-order valence-corrected chi connectivity index (χ1v) is 5.02. The highest BCUT2D eigenvalue weighted by Crippen LogP contribution is 2.23. The number of esters is 1. The summed E-state index contributed by atoms with van der Waals surface area (Å²) in [7, 11) is 0. The van der Waals surface area contributed by atoms with Crippen molar-refractivity contribution in [3.05, 3.63) is 29.6 Å². The smallest absolute Gasteiger partial charge is 0.342 e. The zero-order chi connectivity index (χ0) is 13.0. The summed E-state index contributed by atoms with van der Waals surface area (Å²) < 4.78 is 31.0. The molecule has 1 aromatic rings. The number of phenols is 1. The number of alkyl halides is 1. The molecule has 0 aliphatic heterocycles. The number of hydrogen-bond acceptors (Lipinski definition) is 4. The highest BCUT2D eigenvalue weighted by Gasteiger charge is 2.28. The number of benzene rings is 1. The first-order chi connectivity index (χ1) is 7.97. The number of carbonyl (C=O) groups excluding carboxylic acids is 1. The number of halogens is 2. The van der Waals surface area contributed by atoms with E-state index >= 15 is 0 Å². The summed E-state index contributed by atoms with van der Waals surface area (Å²) >= 11 is 0. The summed E-state index contributed by atoms with van der Waals surface area (Å²) in [5, 5.41) is 8.96. The normalized spacial score (nSPS) is 14.1. The van der Waals surface area contributed by atoms with E-state index in [0.29, 0.717) is 0 Å². The van der Waals surface area contributed by atoms with Crippen molar-refractivity contribution in [2.75, 3.05) is 6.61 Å². The molecule has 6 heteroatoms. The van der Waals surface area contributed by atoms with E-state index in [9.17, 15) is 13.6 Å². The maximum Gasteiger partial charge on any atom is 0.342 e. The molecule has 0 aliphatic rings. The molecule has 0 saturated heterocycles. The highest BCUT2D eigenvalue weighted by molar-refractivity contribution is 5.75. The van der Waals surface area contributed by atoms with Gasteiger partial charge in [0.15, 0.2) is 11.6 Å². The highest BCUT2D eigenvalue weighted by atomic mass is 19.1. The Kier molecular flexibility index (Phi) is 4.39. The Morgan fingerprint density at radius 3 is 2.76 bits per heavy atom. The van der Waals surface area contributed by atoms with Gasteiger partial charge in [0, 0.05) is 0 Å². The molecule has 0 aliphatic carbocycles. The third kappa shape index (κ3) is 3.13. The topological polar surface area (TPSA) is 72.5 Å². The second-order valence-corrected chi connectivity index (χ2v) is 3.39. The van der Waals surface area contributed by atoms with Crippen LogP contribution in [0.15, 0.2) is 18.2 Å². The van der Waals surface area contributed by atoms with Gasteiger partial charge in [-0.1, -0.05) is 6.07 Å². The molecule has 0 saturated carbocycles. The molecule has 0 spiro atoms. The molecule has 0 heterocycles. The average molecular weight is 245 g/mol. The lowest BCUT2D eigenvalue weighted by Crippen LogP contribution is -2.31. The third-order valence-electron chi connectivity index (χ3n) is 2.18. The van der Waals surface area contributed by atoms with Crippen molar-refractivity contribution >= 4 is 5.97 Å². The molecule has 17 heavy (non-hydrogen) atoms. The summed E-state index contributed by atoms with van der Waals surface area (Å²) in [4.78, 5) is 11.1. The van der Waals surface area contributed by atoms with Crippen LogP contribution in [0.4, 0.5) is 8.78 Å². The summed E-state index contributed by atoms with van der Waals surface area (Å²) in [5.41, 5.74) is 5.53. The van der Waals surface area contributed by atoms with Gasteiger partial charge in [0.2, 0.25) is 6.17 Å². The van der Waals surface area contributed by atoms with E-state index < -0.39 is 29.7 Å². The minimum absolute atomic E-state index is 0.0376. The fourth-order valence-corrected chi connectivity index (χ4v) is 1.27. The van der Waals surface area contributed by atoms with Crippen LogP contribution in [0.2, 0.25) is 0 Å². The van der Waals surface area contributed by atoms with Gasteiger partial charge in [0.1, 0.15) is 0 Å². The first kappa shape index (κ1) is 13.4. The quantitative estimate of drug-likeness (QED) is 0.787. The van der Waals surface area contributed by atoms with Crippen LogP contribution < -0.4 is 5.73 Å². The predicted molar refractivity (Wildman–Crippen MR) is 56.5 cm³/mol. The van der Waals surface area contributed by atoms with Crippen LogP contribution in [0.1, 0.15) is 18.5 Å². The molecule has 1 aromatic carbocycles. The summed E-state index contributed by atoms with van der Waals surface area (Å²) in [5.74, 6) is -2.57. The summed E-state index contributed by atoms with van der Waals surface area (Å²) in [6.45, 7) is 1.58. The van der Waals surface area contributed by atoms with Crippen molar-refractivity contribution in [2.24, 2.45) is 5.73 Å². The number of phenolic OH excluding ortho intramolecular Hbond substituents is 1. The van der Waals surface area contributed by atoms with E-state index in [2.05, 4.69) is 4.74 Å². The van der Waals surface area contributed by atoms with Gasteiger partial charge in [-0.25, -0.2) is 13.6 Å². The number of hydrogen-bond donors (Lipinski definition) is 2. The number of aromatic hydroxyl groups is 1. The molecule has 0 fully saturated rings. The Labute approximate surface area is 97.0 Å². The lowest BCUT2D eigenvalue weighted by atomic mass is 10.0. The molecular weight excluding hydrogens is 232 g/mol. The predicted octanol–water partition coefficient (Wildman–Crippen LogP) is 1.43. The van der Waals surface area contributed by atoms with Crippen LogP contribution in [0, 0.1) is 5.82 Å². The second kappa shape index (κ2) is 5.58. The molecule has 4 nitrogen and oxygen atoms in total. The molecule has 0 bridgehead atoms. The van der Waals surface area contributed by atoms with Gasteiger partial charge in [0.05, 0.1) is 12.6 Å². The molecule has 0 amide bonds. The van der Waals surface area contributed by atoms with Gasteiger partial charge in [0.25, 0.3) is 0 Å². The number of ether oxygens (including phenoxy) is 1. The average Bonchev–Trinajstić information content (AvgIpc) is 2.31. The summed E-state index contributed by atoms with van der Waals surface area (Å²) in [6, 6.07) is 1.84. The Balaban J connectivity index is 2.84. The minimum Gasteiger partial charge on any atom is -0.505 e. The van der Waals surface area contributed by atoms with E-state index in [1.165, 1.54) is 13.0 Å². The van der Waals surface area contributed by atoms with Crippen LogP contribution in [0.5, 0.6) is 5.75 Å². The van der Waals surface area contributed by atoms with Gasteiger partial charge in [-0.2, -0.15) is 0 Å². The molecule has 3 N–H and O–H groups in total. The van der Waals surface area contributed by atoms with Crippen molar-refractivity contribution in [1.29, 1.82) is 0 Å². The van der Waals surface area contributed by atoms with E-state index in [-0.39, 0.29) is 12.2 Å². The minimum atomic E-state index is -2.07. The van der Waals surface area contributed by atoms with Crippen molar-refractivity contribution in [1.82, 2.24) is 0 Å². The Bertz CT molecular complexity index is 412. The van der Waals surface area contributed by atoms with E-state index in [4.69, 9.17) is 10.8 Å². The Morgan fingerprint density at radius 1 is 1.59 bits per heavy atom. The van der Waals surface area contributed by atoms with Crippen molar-refractivity contribution in [3.8, 4) is 5.75 Å². The maximum absolute atomic E-state index is 13.5. The van der Waals surface area contributed by atoms with Gasteiger partial charge in [-0.15, -0.1) is 0 Å². The fraction of sp³-hybridized carbons (Fsp3) is 0.364. The van der Waals surface area contributed by atoms with E-state index in [1.807, 2.05) is 0 Å².